The molecule has 0 aliphatic heterocycles. The van der Waals surface area contributed by atoms with Gasteiger partial charge in [0, 0.05) is 46.7 Å². The zero-order chi connectivity index (χ0) is 22.4. The summed E-state index contributed by atoms with van der Waals surface area (Å²) >= 11 is 1.80. The Morgan fingerprint density at radius 3 is 2.68 bits per heavy atom. The Bertz CT molecular complexity index is 1010. The Balaban J connectivity index is 1.90. The second kappa shape index (κ2) is 10.7. The molecule has 0 saturated carbocycles. The molecule has 3 rings (SSSR count). The highest BCUT2D eigenvalue weighted by molar-refractivity contribution is 7.98. The van der Waals surface area contributed by atoms with Crippen molar-refractivity contribution < 1.29 is 0 Å². The Morgan fingerprint density at radius 1 is 1.29 bits per heavy atom. The fourth-order valence-electron chi connectivity index (χ4n) is 4.10. The number of aromatic nitrogens is 2. The SMILES string of the molecule is C/C=C(\C)N/C(C)=C(\C(=NC)C1CC=Cc2nn(CSc3ccccc3)cc21)C(C)C. The van der Waals surface area contributed by atoms with Crippen molar-refractivity contribution in [3.8, 4) is 0 Å². The normalized spacial score (nSPS) is 17.6. The largest absolute Gasteiger partial charge is 0.363 e. The van der Waals surface area contributed by atoms with Gasteiger partial charge in [-0.15, -0.1) is 11.8 Å². The maximum Gasteiger partial charge on any atom is 0.0909 e. The van der Waals surface area contributed by atoms with Gasteiger partial charge < -0.3 is 5.32 Å². The molecular formula is C26H34N4S. The molecule has 31 heavy (non-hydrogen) atoms. The van der Waals surface area contributed by atoms with E-state index in [-0.39, 0.29) is 5.92 Å². The summed E-state index contributed by atoms with van der Waals surface area (Å²) in [5, 5.41) is 8.41. The molecule has 1 N–H and O–H groups in total. The fourth-order valence-corrected chi connectivity index (χ4v) is 4.86. The van der Waals surface area contributed by atoms with Crippen LogP contribution in [-0.4, -0.2) is 22.5 Å². The molecule has 0 radical (unpaired) electrons. The van der Waals surface area contributed by atoms with E-state index in [1.807, 2.05) is 13.1 Å². The molecule has 1 heterocycles. The van der Waals surface area contributed by atoms with Crippen LogP contribution in [0.25, 0.3) is 6.08 Å². The van der Waals surface area contributed by atoms with Crippen molar-refractivity contribution in [2.45, 2.75) is 57.7 Å². The standard InChI is InChI=1S/C26H34N4S/c1-7-19(4)28-20(5)25(18(2)3)26(27-6)22-14-11-15-24-23(22)16-30(29-24)17-31-21-12-9-8-10-13-21/h7-13,15-16,18,22,28H,14,17H2,1-6H3/b19-7+,25-20-,27-26?. The molecule has 5 heteroatoms. The lowest BCUT2D eigenvalue weighted by Gasteiger charge is -2.26. The summed E-state index contributed by atoms with van der Waals surface area (Å²) in [5.74, 6) is 1.39. The van der Waals surface area contributed by atoms with E-state index in [0.29, 0.717) is 5.92 Å². The molecule has 1 aliphatic rings. The molecule has 1 unspecified atom stereocenters. The first-order valence-corrected chi connectivity index (χ1v) is 11.9. The molecule has 1 aromatic carbocycles. The van der Waals surface area contributed by atoms with Crippen LogP contribution in [-0.2, 0) is 5.88 Å². The van der Waals surface area contributed by atoms with Crippen LogP contribution in [0.4, 0.5) is 0 Å². The molecule has 0 fully saturated rings. The van der Waals surface area contributed by atoms with Gasteiger partial charge in [-0.25, -0.2) is 0 Å². The number of thioether (sulfide) groups is 1. The maximum atomic E-state index is 4.86. The molecule has 0 spiro atoms. The summed E-state index contributed by atoms with van der Waals surface area (Å²) in [6.45, 7) is 10.8. The first kappa shape index (κ1) is 23.1. The van der Waals surface area contributed by atoms with Gasteiger partial charge >= 0.3 is 0 Å². The Labute approximate surface area is 191 Å². The lowest BCUT2D eigenvalue weighted by molar-refractivity contribution is 0.746. The van der Waals surface area contributed by atoms with Gasteiger partial charge in [0.25, 0.3) is 0 Å². The summed E-state index contributed by atoms with van der Waals surface area (Å²) in [7, 11) is 1.92. The lowest BCUT2D eigenvalue weighted by Crippen LogP contribution is -2.24. The monoisotopic (exact) mass is 434 g/mol. The van der Waals surface area contributed by atoms with Crippen molar-refractivity contribution in [3.05, 3.63) is 76.9 Å². The van der Waals surface area contributed by atoms with Crippen LogP contribution in [0.3, 0.4) is 0 Å². The predicted octanol–water partition coefficient (Wildman–Crippen LogP) is 6.65. The summed E-state index contributed by atoms with van der Waals surface area (Å²) in [5.41, 5.74) is 7.11. The van der Waals surface area contributed by atoms with Crippen molar-refractivity contribution in [1.82, 2.24) is 15.1 Å². The quantitative estimate of drug-likeness (QED) is 0.374. The van der Waals surface area contributed by atoms with Gasteiger partial charge in [-0.1, -0.05) is 44.2 Å². The van der Waals surface area contributed by atoms with Crippen molar-refractivity contribution in [3.63, 3.8) is 0 Å². The first-order chi connectivity index (χ1) is 14.9. The third kappa shape index (κ3) is 5.59. The Kier molecular flexibility index (Phi) is 7.97. The van der Waals surface area contributed by atoms with Crippen LogP contribution in [0.1, 0.15) is 58.2 Å². The minimum Gasteiger partial charge on any atom is -0.363 e. The highest BCUT2D eigenvalue weighted by Gasteiger charge is 2.29. The van der Waals surface area contributed by atoms with Crippen molar-refractivity contribution in [2.24, 2.45) is 10.9 Å². The Hall–Kier alpha value is -2.53. The van der Waals surface area contributed by atoms with Crippen LogP contribution in [0.2, 0.25) is 0 Å². The second-order valence-electron chi connectivity index (χ2n) is 8.19. The minimum atomic E-state index is 0.223. The van der Waals surface area contributed by atoms with Gasteiger partial charge in [-0.05, 0) is 56.9 Å². The molecule has 2 aromatic rings. The van der Waals surface area contributed by atoms with E-state index in [1.54, 1.807) is 11.8 Å². The Morgan fingerprint density at radius 2 is 2.03 bits per heavy atom. The van der Waals surface area contributed by atoms with E-state index >= 15 is 0 Å². The first-order valence-electron chi connectivity index (χ1n) is 10.9. The summed E-state index contributed by atoms with van der Waals surface area (Å²) < 4.78 is 2.06. The zero-order valence-corrected chi connectivity index (χ0v) is 20.3. The summed E-state index contributed by atoms with van der Waals surface area (Å²) in [6, 6.07) is 10.5. The van der Waals surface area contributed by atoms with Gasteiger partial charge in [0.2, 0.25) is 0 Å². The average molecular weight is 435 g/mol. The van der Waals surface area contributed by atoms with Crippen LogP contribution >= 0.6 is 11.8 Å². The molecule has 1 aliphatic carbocycles. The van der Waals surface area contributed by atoms with Crippen LogP contribution in [0.5, 0.6) is 0 Å². The van der Waals surface area contributed by atoms with Crippen molar-refractivity contribution in [1.29, 1.82) is 0 Å². The molecule has 1 atom stereocenters. The van der Waals surface area contributed by atoms with E-state index in [9.17, 15) is 0 Å². The number of aliphatic imine (C=N–C) groups is 1. The summed E-state index contributed by atoms with van der Waals surface area (Å²) in [6.07, 6.45) is 9.64. The van der Waals surface area contributed by atoms with Crippen LogP contribution in [0.15, 0.2) is 75.5 Å². The second-order valence-corrected chi connectivity index (χ2v) is 9.20. The van der Waals surface area contributed by atoms with E-state index in [4.69, 9.17) is 10.1 Å². The third-order valence-electron chi connectivity index (χ3n) is 5.60. The number of benzene rings is 1. The van der Waals surface area contributed by atoms with Gasteiger partial charge in [0.1, 0.15) is 0 Å². The van der Waals surface area contributed by atoms with Gasteiger partial charge in [-0.3, -0.25) is 9.67 Å². The molecule has 0 saturated heterocycles. The minimum absolute atomic E-state index is 0.223. The number of hydrogen-bond acceptors (Lipinski definition) is 4. The predicted molar refractivity (Wildman–Crippen MR) is 134 cm³/mol. The topological polar surface area (TPSA) is 42.2 Å². The number of allylic oxidation sites excluding steroid dienone is 5. The molecule has 4 nitrogen and oxygen atoms in total. The zero-order valence-electron chi connectivity index (χ0n) is 19.5. The number of nitrogens with one attached hydrogen (secondary N) is 1. The van der Waals surface area contributed by atoms with E-state index < -0.39 is 0 Å². The van der Waals surface area contributed by atoms with Gasteiger partial charge in [0.15, 0.2) is 0 Å². The van der Waals surface area contributed by atoms with Crippen LogP contribution in [0, 0.1) is 5.92 Å². The van der Waals surface area contributed by atoms with Gasteiger partial charge in [-0.2, -0.15) is 5.10 Å². The fraction of sp³-hybridized carbons (Fsp3) is 0.385. The van der Waals surface area contributed by atoms with E-state index in [2.05, 4.69) is 93.3 Å². The highest BCUT2D eigenvalue weighted by Crippen LogP contribution is 2.35. The van der Waals surface area contributed by atoms with Crippen molar-refractivity contribution >= 4 is 23.5 Å². The van der Waals surface area contributed by atoms with Gasteiger partial charge in [0.05, 0.1) is 11.6 Å². The molecule has 164 valence electrons. The maximum absolute atomic E-state index is 4.86. The molecule has 1 aromatic heterocycles. The third-order valence-corrected chi connectivity index (χ3v) is 6.59. The lowest BCUT2D eigenvalue weighted by atomic mass is 9.80. The van der Waals surface area contributed by atoms with E-state index in [0.717, 1.165) is 29.4 Å². The number of rotatable bonds is 8. The van der Waals surface area contributed by atoms with Crippen LogP contribution < -0.4 is 5.32 Å². The number of hydrogen-bond donors (Lipinski definition) is 1. The molecule has 0 amide bonds. The molecule has 0 bridgehead atoms. The number of nitrogens with zero attached hydrogens (tertiary/aromatic N) is 3. The average Bonchev–Trinajstić information content (AvgIpc) is 3.19. The summed E-state index contributed by atoms with van der Waals surface area (Å²) in [4.78, 5) is 6.07. The van der Waals surface area contributed by atoms with E-state index in [1.165, 1.54) is 21.7 Å². The highest BCUT2D eigenvalue weighted by atomic mass is 32.2. The smallest absolute Gasteiger partial charge is 0.0909 e. The van der Waals surface area contributed by atoms with Crippen molar-refractivity contribution in [2.75, 3.05) is 7.05 Å². The number of fused-ring (bicyclic) bond motifs is 1. The molecular weight excluding hydrogens is 400 g/mol.